The van der Waals surface area contributed by atoms with Crippen molar-refractivity contribution in [3.05, 3.63) is 29.8 Å². The minimum Gasteiger partial charge on any atom is -0.473 e. The van der Waals surface area contributed by atoms with Crippen LogP contribution in [0.1, 0.15) is 31.7 Å². The lowest BCUT2D eigenvalue weighted by atomic mass is 9.97. The highest BCUT2D eigenvalue weighted by Crippen LogP contribution is 2.16. The zero-order valence-electron chi connectivity index (χ0n) is 13.6. The Balaban J connectivity index is 1.69. The molecule has 0 bridgehead atoms. The average Bonchev–Trinajstić information content (AvgIpc) is 2.56. The molecule has 0 aromatic heterocycles. The highest BCUT2D eigenvalue weighted by Gasteiger charge is 2.25. The van der Waals surface area contributed by atoms with Crippen molar-refractivity contribution >= 4 is 11.9 Å². The molecule has 1 aliphatic heterocycles. The number of benzene rings is 1. The van der Waals surface area contributed by atoms with Gasteiger partial charge in [0.15, 0.2) is 6.73 Å². The SMILES string of the molecule is CCCc1ccc(OCNC(=O)N2CCC(C(N)=O)CC2)cc1. The van der Waals surface area contributed by atoms with E-state index in [1.165, 1.54) is 5.56 Å². The topological polar surface area (TPSA) is 84.7 Å². The Hall–Kier alpha value is -2.24. The molecule has 0 atom stereocenters. The molecule has 23 heavy (non-hydrogen) atoms. The molecule has 3 N–H and O–H groups in total. The number of primary amides is 1. The summed E-state index contributed by atoms with van der Waals surface area (Å²) in [7, 11) is 0. The summed E-state index contributed by atoms with van der Waals surface area (Å²) in [5.41, 5.74) is 6.56. The highest BCUT2D eigenvalue weighted by atomic mass is 16.5. The molecule has 126 valence electrons. The van der Waals surface area contributed by atoms with Gasteiger partial charge in [-0.3, -0.25) is 4.79 Å². The van der Waals surface area contributed by atoms with Crippen molar-refractivity contribution in [3.63, 3.8) is 0 Å². The third-order valence-corrected chi connectivity index (χ3v) is 4.11. The Kier molecular flexibility index (Phi) is 6.26. The molecule has 1 fully saturated rings. The Bertz CT molecular complexity index is 522. The van der Waals surface area contributed by atoms with E-state index in [-0.39, 0.29) is 24.6 Å². The molecule has 1 aromatic rings. The van der Waals surface area contributed by atoms with Gasteiger partial charge in [0.2, 0.25) is 5.91 Å². The van der Waals surface area contributed by atoms with E-state index in [1.54, 1.807) is 4.90 Å². The van der Waals surface area contributed by atoms with Crippen molar-refractivity contribution in [2.24, 2.45) is 11.7 Å². The van der Waals surface area contributed by atoms with Gasteiger partial charge in [-0.05, 0) is 37.0 Å². The first kappa shape index (κ1) is 17.1. The number of likely N-dealkylation sites (tertiary alicyclic amines) is 1. The first-order chi connectivity index (χ1) is 11.1. The van der Waals surface area contributed by atoms with E-state index in [2.05, 4.69) is 12.2 Å². The first-order valence-electron chi connectivity index (χ1n) is 8.14. The maximum atomic E-state index is 12.0. The number of piperidine rings is 1. The van der Waals surface area contributed by atoms with E-state index in [0.717, 1.165) is 18.6 Å². The average molecular weight is 319 g/mol. The molecule has 2 rings (SSSR count). The number of nitrogens with one attached hydrogen (secondary N) is 1. The van der Waals surface area contributed by atoms with Gasteiger partial charge in [-0.2, -0.15) is 0 Å². The summed E-state index contributed by atoms with van der Waals surface area (Å²) in [5.74, 6) is 0.342. The molecule has 1 aliphatic rings. The molecule has 1 aromatic carbocycles. The number of urea groups is 1. The predicted octanol–water partition coefficient (Wildman–Crippen LogP) is 1.88. The van der Waals surface area contributed by atoms with Crippen molar-refractivity contribution in [2.45, 2.75) is 32.6 Å². The van der Waals surface area contributed by atoms with Crippen molar-refractivity contribution in [3.8, 4) is 5.75 Å². The van der Waals surface area contributed by atoms with Gasteiger partial charge in [0.25, 0.3) is 0 Å². The van der Waals surface area contributed by atoms with Crippen molar-refractivity contribution in [1.82, 2.24) is 10.2 Å². The van der Waals surface area contributed by atoms with E-state index in [9.17, 15) is 9.59 Å². The van der Waals surface area contributed by atoms with E-state index >= 15 is 0 Å². The van der Waals surface area contributed by atoms with Gasteiger partial charge in [-0.25, -0.2) is 4.79 Å². The zero-order valence-corrected chi connectivity index (χ0v) is 13.6. The second kappa shape index (κ2) is 8.41. The Morgan fingerprint density at radius 1 is 1.26 bits per heavy atom. The Labute approximate surface area is 137 Å². The minimum atomic E-state index is -0.278. The van der Waals surface area contributed by atoms with E-state index < -0.39 is 0 Å². The van der Waals surface area contributed by atoms with Gasteiger partial charge in [-0.15, -0.1) is 0 Å². The van der Waals surface area contributed by atoms with Crippen molar-refractivity contribution in [1.29, 1.82) is 0 Å². The molecule has 6 nitrogen and oxygen atoms in total. The number of rotatable bonds is 6. The van der Waals surface area contributed by atoms with Crippen LogP contribution in [0.25, 0.3) is 0 Å². The number of carbonyl (C=O) groups is 2. The first-order valence-corrected chi connectivity index (χ1v) is 8.14. The third kappa shape index (κ3) is 5.16. The number of hydrogen-bond donors (Lipinski definition) is 2. The maximum Gasteiger partial charge on any atom is 0.320 e. The van der Waals surface area contributed by atoms with Crippen LogP contribution < -0.4 is 15.8 Å². The highest BCUT2D eigenvalue weighted by molar-refractivity contribution is 5.78. The van der Waals surface area contributed by atoms with Crippen LogP contribution in [0.5, 0.6) is 5.75 Å². The van der Waals surface area contributed by atoms with Gasteiger partial charge < -0.3 is 20.7 Å². The molecular weight excluding hydrogens is 294 g/mol. The summed E-state index contributed by atoms with van der Waals surface area (Å²) in [5, 5.41) is 2.73. The number of amides is 3. The summed E-state index contributed by atoms with van der Waals surface area (Å²) in [6.45, 7) is 3.37. The van der Waals surface area contributed by atoms with Crippen LogP contribution in [0.2, 0.25) is 0 Å². The molecule has 0 unspecified atom stereocenters. The summed E-state index contributed by atoms with van der Waals surface area (Å²) >= 11 is 0. The van der Waals surface area contributed by atoms with Crippen LogP contribution in [0.3, 0.4) is 0 Å². The van der Waals surface area contributed by atoms with Gasteiger partial charge in [0.1, 0.15) is 5.75 Å². The van der Waals surface area contributed by atoms with Crippen LogP contribution in [0.4, 0.5) is 4.79 Å². The molecule has 0 saturated carbocycles. The summed E-state index contributed by atoms with van der Waals surface area (Å²) in [6, 6.07) is 7.73. The minimum absolute atomic E-state index is 0.114. The van der Waals surface area contributed by atoms with Gasteiger partial charge in [0, 0.05) is 19.0 Å². The molecule has 3 amide bonds. The van der Waals surface area contributed by atoms with Crippen LogP contribution in [0.15, 0.2) is 24.3 Å². The van der Waals surface area contributed by atoms with E-state index in [4.69, 9.17) is 10.5 Å². The predicted molar refractivity (Wildman–Crippen MR) is 88.0 cm³/mol. The molecule has 0 radical (unpaired) electrons. The number of nitrogens with two attached hydrogens (primary N) is 1. The van der Waals surface area contributed by atoms with Crippen molar-refractivity contribution in [2.75, 3.05) is 19.8 Å². The number of carbonyl (C=O) groups excluding carboxylic acids is 2. The van der Waals surface area contributed by atoms with Gasteiger partial charge in [0.05, 0.1) is 0 Å². The lowest BCUT2D eigenvalue weighted by molar-refractivity contribution is -0.123. The van der Waals surface area contributed by atoms with Crippen molar-refractivity contribution < 1.29 is 14.3 Å². The smallest absolute Gasteiger partial charge is 0.320 e. The fourth-order valence-electron chi connectivity index (χ4n) is 2.70. The van der Waals surface area contributed by atoms with Crippen LogP contribution in [-0.4, -0.2) is 36.7 Å². The molecule has 0 spiro atoms. The van der Waals surface area contributed by atoms with Gasteiger partial charge >= 0.3 is 6.03 Å². The van der Waals surface area contributed by atoms with E-state index in [0.29, 0.717) is 25.9 Å². The zero-order chi connectivity index (χ0) is 16.7. The fourth-order valence-corrected chi connectivity index (χ4v) is 2.70. The standard InChI is InChI=1S/C17H25N3O3/c1-2-3-13-4-6-15(7-5-13)23-12-19-17(22)20-10-8-14(9-11-20)16(18)21/h4-7,14H,2-3,8-12H2,1H3,(H2,18,21)(H,19,22). The number of nitrogens with zero attached hydrogens (tertiary/aromatic N) is 1. The lowest BCUT2D eigenvalue weighted by Crippen LogP contribution is -2.47. The third-order valence-electron chi connectivity index (χ3n) is 4.11. The summed E-state index contributed by atoms with van der Waals surface area (Å²) < 4.78 is 5.53. The second-order valence-electron chi connectivity index (χ2n) is 5.83. The summed E-state index contributed by atoms with van der Waals surface area (Å²) in [6.07, 6.45) is 3.42. The van der Waals surface area contributed by atoms with Gasteiger partial charge in [-0.1, -0.05) is 25.5 Å². The van der Waals surface area contributed by atoms with E-state index in [1.807, 2.05) is 24.3 Å². The monoisotopic (exact) mass is 319 g/mol. The maximum absolute atomic E-state index is 12.0. The second-order valence-corrected chi connectivity index (χ2v) is 5.83. The number of ether oxygens (including phenoxy) is 1. The van der Waals surface area contributed by atoms with Crippen LogP contribution in [-0.2, 0) is 11.2 Å². The van der Waals surface area contributed by atoms with Crippen LogP contribution >= 0.6 is 0 Å². The summed E-state index contributed by atoms with van der Waals surface area (Å²) in [4.78, 5) is 24.8. The molecular formula is C17H25N3O3. The quantitative estimate of drug-likeness (QED) is 0.785. The largest absolute Gasteiger partial charge is 0.473 e. The normalized spacial score (nSPS) is 15.3. The lowest BCUT2D eigenvalue weighted by Gasteiger charge is -2.30. The fraction of sp³-hybridized carbons (Fsp3) is 0.529. The Morgan fingerprint density at radius 2 is 1.91 bits per heavy atom. The molecule has 0 aliphatic carbocycles. The number of hydrogen-bond acceptors (Lipinski definition) is 3. The molecule has 1 heterocycles. The Morgan fingerprint density at radius 3 is 2.48 bits per heavy atom. The molecule has 6 heteroatoms. The number of aryl methyl sites for hydroxylation is 1. The molecule has 1 saturated heterocycles. The van der Waals surface area contributed by atoms with Crippen LogP contribution in [0, 0.1) is 5.92 Å².